The molecular weight excluding hydrogens is 337 g/mol. The summed E-state index contributed by atoms with van der Waals surface area (Å²) in [6, 6.07) is 3.99. The molecule has 1 fully saturated rings. The molecule has 1 aliphatic rings. The van der Waals surface area contributed by atoms with Crippen LogP contribution in [0.15, 0.2) is 23.7 Å². The van der Waals surface area contributed by atoms with Gasteiger partial charge >= 0.3 is 19.1 Å². The maximum atomic E-state index is 11.3. The Labute approximate surface area is 153 Å². The quantitative estimate of drug-likeness (QED) is 0.668. The highest BCUT2D eigenvalue weighted by Gasteiger charge is 2.52. The zero-order valence-corrected chi connectivity index (χ0v) is 15.6. The molecule has 0 unspecified atom stereocenters. The molecule has 7 nitrogen and oxygen atoms in total. The number of hydrogen-bond donors (Lipinski definition) is 3. The van der Waals surface area contributed by atoms with Gasteiger partial charge in [0, 0.05) is 6.54 Å². The Bertz CT molecular complexity index is 708. The first-order valence-corrected chi connectivity index (χ1v) is 8.29. The highest BCUT2D eigenvalue weighted by molar-refractivity contribution is 6.55. The molecule has 0 radical (unpaired) electrons. The Morgan fingerprint density at radius 3 is 1.88 bits per heavy atom. The van der Waals surface area contributed by atoms with Crippen molar-refractivity contribution >= 4 is 25.1 Å². The van der Waals surface area contributed by atoms with E-state index in [2.05, 4.69) is 5.32 Å². The lowest BCUT2D eigenvalue weighted by Gasteiger charge is -2.32. The van der Waals surface area contributed by atoms with Gasteiger partial charge < -0.3 is 24.8 Å². The minimum absolute atomic E-state index is 0.0890. The molecule has 1 heterocycles. The van der Waals surface area contributed by atoms with Crippen molar-refractivity contribution in [3.63, 3.8) is 0 Å². The van der Waals surface area contributed by atoms with Crippen LogP contribution in [0, 0.1) is 0 Å². The highest BCUT2D eigenvalue weighted by Crippen LogP contribution is 2.38. The predicted molar refractivity (Wildman–Crippen MR) is 98.3 cm³/mol. The van der Waals surface area contributed by atoms with Gasteiger partial charge in [-0.3, -0.25) is 0 Å². The van der Waals surface area contributed by atoms with E-state index in [0.29, 0.717) is 12.1 Å². The van der Waals surface area contributed by atoms with Crippen LogP contribution in [0.1, 0.15) is 54.0 Å². The summed E-state index contributed by atoms with van der Waals surface area (Å²) in [6.07, 6.45) is 1.71. The lowest BCUT2D eigenvalue weighted by atomic mass is 9.77. The van der Waals surface area contributed by atoms with Crippen LogP contribution in [-0.2, 0) is 9.31 Å². The van der Waals surface area contributed by atoms with Gasteiger partial charge in [0.15, 0.2) is 0 Å². The van der Waals surface area contributed by atoms with Gasteiger partial charge in [-0.15, -0.1) is 0 Å². The monoisotopic (exact) mass is 361 g/mol. The van der Waals surface area contributed by atoms with Gasteiger partial charge in [0.2, 0.25) is 0 Å². The fourth-order valence-corrected chi connectivity index (χ4v) is 2.60. The normalized spacial score (nSPS) is 18.8. The lowest BCUT2D eigenvalue weighted by molar-refractivity contribution is 0.00578. The van der Waals surface area contributed by atoms with Crippen LogP contribution >= 0.6 is 0 Å². The third-order valence-corrected chi connectivity index (χ3v) is 4.74. The third kappa shape index (κ3) is 4.15. The molecule has 0 saturated carbocycles. The van der Waals surface area contributed by atoms with Crippen molar-refractivity contribution in [3.8, 4) is 0 Å². The largest absolute Gasteiger partial charge is 0.491 e. The zero-order chi connectivity index (χ0) is 19.7. The summed E-state index contributed by atoms with van der Waals surface area (Å²) in [5.41, 5.74) is -0.00531. The number of nitrogens with one attached hydrogen (secondary N) is 1. The predicted octanol–water partition coefficient (Wildman–Crippen LogP) is 2.32. The van der Waals surface area contributed by atoms with Crippen LogP contribution in [0.4, 0.5) is 0 Å². The minimum atomic E-state index is -1.19. The molecule has 140 valence electrons. The molecule has 1 aromatic rings. The second-order valence-electron chi connectivity index (χ2n) is 7.29. The fourth-order valence-electron chi connectivity index (χ4n) is 2.60. The van der Waals surface area contributed by atoms with Gasteiger partial charge in [0.1, 0.15) is 0 Å². The maximum Gasteiger partial charge on any atom is 0.491 e. The molecular formula is C18H24BNO6. The molecule has 1 aromatic carbocycles. The molecule has 0 amide bonds. The molecule has 0 bridgehead atoms. The molecule has 0 aromatic heterocycles. The number of carboxylic acid groups (broad SMARTS) is 2. The van der Waals surface area contributed by atoms with Gasteiger partial charge in [0.05, 0.1) is 22.3 Å². The number of carbonyl (C=O) groups is 2. The average molecular weight is 361 g/mol. The first-order chi connectivity index (χ1) is 12.0. The first kappa shape index (κ1) is 20.2. The van der Waals surface area contributed by atoms with Gasteiger partial charge in [-0.2, -0.15) is 0 Å². The average Bonchev–Trinajstić information content (AvgIpc) is 2.74. The van der Waals surface area contributed by atoms with Gasteiger partial charge in [-0.05, 0) is 64.0 Å². The van der Waals surface area contributed by atoms with E-state index in [4.69, 9.17) is 9.31 Å². The number of aromatic carboxylic acids is 2. The number of hydrogen-bond acceptors (Lipinski definition) is 5. The summed E-state index contributed by atoms with van der Waals surface area (Å²) >= 11 is 0. The van der Waals surface area contributed by atoms with Crippen molar-refractivity contribution in [1.82, 2.24) is 5.32 Å². The molecule has 3 N–H and O–H groups in total. The molecule has 0 atom stereocenters. The van der Waals surface area contributed by atoms with Crippen LogP contribution in [0.2, 0.25) is 0 Å². The topological polar surface area (TPSA) is 105 Å². The molecule has 1 aliphatic heterocycles. The van der Waals surface area contributed by atoms with Crippen LogP contribution in [0.3, 0.4) is 0 Å². The third-order valence-electron chi connectivity index (χ3n) is 4.74. The summed E-state index contributed by atoms with van der Waals surface area (Å²) in [7, 11) is 1.16. The van der Waals surface area contributed by atoms with E-state index < -0.39 is 30.3 Å². The van der Waals surface area contributed by atoms with Gasteiger partial charge in [-0.25, -0.2) is 9.59 Å². The number of likely N-dealkylation sites (N-methyl/N-ethyl adjacent to an activating group) is 1. The van der Waals surface area contributed by atoms with Crippen LogP contribution < -0.4 is 5.32 Å². The van der Waals surface area contributed by atoms with E-state index >= 15 is 0 Å². The van der Waals surface area contributed by atoms with E-state index in [0.717, 1.165) is 11.5 Å². The van der Waals surface area contributed by atoms with Gasteiger partial charge in [0.25, 0.3) is 0 Å². The van der Waals surface area contributed by atoms with Crippen LogP contribution in [-0.4, -0.2) is 54.1 Å². The zero-order valence-electron chi connectivity index (χ0n) is 15.6. The second-order valence-corrected chi connectivity index (χ2v) is 7.29. The Morgan fingerprint density at radius 2 is 1.50 bits per heavy atom. The molecule has 1 saturated heterocycles. The molecule has 26 heavy (non-hydrogen) atoms. The Morgan fingerprint density at radius 1 is 1.04 bits per heavy atom. The molecule has 2 rings (SSSR count). The number of rotatable bonds is 6. The highest BCUT2D eigenvalue weighted by atomic mass is 16.7. The van der Waals surface area contributed by atoms with Crippen molar-refractivity contribution < 1.29 is 29.1 Å². The van der Waals surface area contributed by atoms with E-state index in [1.54, 1.807) is 13.1 Å². The molecule has 8 heteroatoms. The number of benzene rings is 1. The summed E-state index contributed by atoms with van der Waals surface area (Å²) < 4.78 is 12.1. The van der Waals surface area contributed by atoms with Crippen LogP contribution in [0.25, 0.3) is 6.08 Å². The summed E-state index contributed by atoms with van der Waals surface area (Å²) in [4.78, 5) is 22.6. The minimum Gasteiger partial charge on any atom is -0.478 e. The van der Waals surface area contributed by atoms with Crippen molar-refractivity contribution in [2.24, 2.45) is 0 Å². The van der Waals surface area contributed by atoms with E-state index in [1.807, 2.05) is 27.7 Å². The van der Waals surface area contributed by atoms with Crippen LogP contribution in [0.5, 0.6) is 0 Å². The SMILES string of the molecule is CNCC(=Cc1cc(C(=O)O)cc(C(=O)O)c1)B1OC(C)(C)C(C)(C)O1. The van der Waals surface area contributed by atoms with E-state index in [1.165, 1.54) is 12.1 Å². The smallest absolute Gasteiger partial charge is 0.478 e. The molecule has 0 aliphatic carbocycles. The summed E-state index contributed by atoms with van der Waals surface area (Å²) in [6.45, 7) is 8.21. The fraction of sp³-hybridized carbons (Fsp3) is 0.444. The molecule has 0 spiro atoms. The van der Waals surface area contributed by atoms with Gasteiger partial charge in [-0.1, -0.05) is 6.08 Å². The lowest BCUT2D eigenvalue weighted by Crippen LogP contribution is -2.41. The Balaban J connectivity index is 2.46. The summed E-state index contributed by atoms with van der Waals surface area (Å²) in [5, 5.41) is 21.5. The van der Waals surface area contributed by atoms with Crippen molar-refractivity contribution in [3.05, 3.63) is 40.4 Å². The summed E-state index contributed by atoms with van der Waals surface area (Å²) in [5.74, 6) is -2.37. The van der Waals surface area contributed by atoms with Crippen molar-refractivity contribution in [2.45, 2.75) is 38.9 Å². The van der Waals surface area contributed by atoms with Crippen molar-refractivity contribution in [1.29, 1.82) is 0 Å². The van der Waals surface area contributed by atoms with E-state index in [-0.39, 0.29) is 11.1 Å². The first-order valence-electron chi connectivity index (χ1n) is 8.29. The number of carboxylic acids is 2. The van der Waals surface area contributed by atoms with Crippen molar-refractivity contribution in [2.75, 3.05) is 13.6 Å². The second kappa shape index (κ2) is 7.22. The maximum absolute atomic E-state index is 11.3. The standard InChI is InChI=1S/C18H24BNO6/c1-17(2)18(3,4)26-19(25-17)14(10-20-5)8-11-6-12(15(21)22)9-13(7-11)16(23)24/h6-9,20H,10H2,1-5H3,(H,21,22)(H,23,24). The van der Waals surface area contributed by atoms with E-state index in [9.17, 15) is 19.8 Å². The Hall–Kier alpha value is -2.16. The Kier molecular flexibility index (Phi) is 5.60.